The number of aromatic nitrogens is 2. The maximum atomic E-state index is 5.69. The van der Waals surface area contributed by atoms with Crippen molar-refractivity contribution in [2.75, 3.05) is 30.8 Å². The van der Waals surface area contributed by atoms with E-state index in [1.54, 1.807) is 6.20 Å². The lowest BCUT2D eigenvalue weighted by atomic mass is 10.1. The van der Waals surface area contributed by atoms with Gasteiger partial charge >= 0.3 is 0 Å². The topological polar surface area (TPSA) is 59.1 Å². The van der Waals surface area contributed by atoms with Gasteiger partial charge in [-0.3, -0.25) is 0 Å². The summed E-state index contributed by atoms with van der Waals surface area (Å²) in [5, 5.41) is 6.24. The highest BCUT2D eigenvalue weighted by molar-refractivity contribution is 9.10. The first-order valence-corrected chi connectivity index (χ1v) is 7.14. The number of anilines is 2. The summed E-state index contributed by atoms with van der Waals surface area (Å²) in [7, 11) is 1.81. The molecule has 1 aromatic rings. The molecule has 1 atom stereocenters. The third-order valence-electron chi connectivity index (χ3n) is 3.00. The van der Waals surface area contributed by atoms with Crippen molar-refractivity contribution in [2.45, 2.75) is 31.8 Å². The van der Waals surface area contributed by atoms with Crippen LogP contribution >= 0.6 is 15.9 Å². The van der Waals surface area contributed by atoms with E-state index in [1.165, 1.54) is 19.3 Å². The summed E-state index contributed by atoms with van der Waals surface area (Å²) in [5.74, 6) is 1.44. The molecule has 1 saturated heterocycles. The molecule has 1 aliphatic rings. The fourth-order valence-corrected chi connectivity index (χ4v) is 2.33. The molecule has 0 bridgehead atoms. The summed E-state index contributed by atoms with van der Waals surface area (Å²) >= 11 is 3.44. The Kier molecular flexibility index (Phi) is 5.19. The zero-order valence-electron chi connectivity index (χ0n) is 10.6. The van der Waals surface area contributed by atoms with Gasteiger partial charge in [0.25, 0.3) is 0 Å². The number of hydrogen-bond donors (Lipinski definition) is 2. The molecule has 2 rings (SSSR count). The first-order valence-electron chi connectivity index (χ1n) is 6.35. The lowest BCUT2D eigenvalue weighted by Crippen LogP contribution is -2.22. The Morgan fingerprint density at radius 2 is 2.39 bits per heavy atom. The second-order valence-corrected chi connectivity index (χ2v) is 5.20. The van der Waals surface area contributed by atoms with Crippen LogP contribution in [0.15, 0.2) is 10.7 Å². The van der Waals surface area contributed by atoms with E-state index in [-0.39, 0.29) is 0 Å². The van der Waals surface area contributed by atoms with Gasteiger partial charge in [-0.15, -0.1) is 0 Å². The van der Waals surface area contributed by atoms with Gasteiger partial charge in [0.15, 0.2) is 0 Å². The molecule has 100 valence electrons. The minimum absolute atomic E-state index is 0.399. The van der Waals surface area contributed by atoms with Gasteiger partial charge in [-0.05, 0) is 41.6 Å². The molecule has 0 saturated carbocycles. The standard InChI is InChI=1S/C12H19BrN4O/c1-14-12-16-8-10(13)11(17-12)15-6-5-9-4-2-3-7-18-9/h8-9H,2-7H2,1H3,(H2,14,15,16,17). The second kappa shape index (κ2) is 6.89. The summed E-state index contributed by atoms with van der Waals surface area (Å²) < 4.78 is 6.57. The number of nitrogens with one attached hydrogen (secondary N) is 2. The molecule has 2 heterocycles. The van der Waals surface area contributed by atoms with Gasteiger partial charge in [-0.1, -0.05) is 0 Å². The zero-order chi connectivity index (χ0) is 12.8. The van der Waals surface area contributed by atoms with Crippen molar-refractivity contribution in [3.63, 3.8) is 0 Å². The summed E-state index contributed by atoms with van der Waals surface area (Å²) in [6.07, 6.45) is 6.83. The molecular weight excluding hydrogens is 296 g/mol. The van der Waals surface area contributed by atoms with Gasteiger partial charge in [0, 0.05) is 26.4 Å². The highest BCUT2D eigenvalue weighted by atomic mass is 79.9. The zero-order valence-corrected chi connectivity index (χ0v) is 12.2. The van der Waals surface area contributed by atoms with E-state index in [9.17, 15) is 0 Å². The van der Waals surface area contributed by atoms with Crippen LogP contribution in [0.5, 0.6) is 0 Å². The number of ether oxygens (including phenoxy) is 1. The van der Waals surface area contributed by atoms with Crippen molar-refractivity contribution >= 4 is 27.7 Å². The molecular formula is C12H19BrN4O. The maximum absolute atomic E-state index is 5.69. The number of halogens is 1. The second-order valence-electron chi connectivity index (χ2n) is 4.34. The first kappa shape index (κ1) is 13.5. The van der Waals surface area contributed by atoms with Crippen molar-refractivity contribution < 1.29 is 4.74 Å². The summed E-state index contributed by atoms with van der Waals surface area (Å²) in [5.41, 5.74) is 0. The van der Waals surface area contributed by atoms with Crippen LogP contribution in [0.3, 0.4) is 0 Å². The predicted molar refractivity (Wildman–Crippen MR) is 76.0 cm³/mol. The van der Waals surface area contributed by atoms with Crippen molar-refractivity contribution in [1.29, 1.82) is 0 Å². The van der Waals surface area contributed by atoms with Gasteiger partial charge in [0.1, 0.15) is 5.82 Å². The maximum Gasteiger partial charge on any atom is 0.224 e. The van der Waals surface area contributed by atoms with E-state index in [0.717, 1.165) is 29.9 Å². The molecule has 1 fully saturated rings. The number of nitrogens with zero attached hydrogens (tertiary/aromatic N) is 2. The molecule has 1 aromatic heterocycles. The van der Waals surface area contributed by atoms with Crippen LogP contribution in [0.1, 0.15) is 25.7 Å². The molecule has 0 aliphatic carbocycles. The Balaban J connectivity index is 1.81. The molecule has 6 heteroatoms. The molecule has 1 aliphatic heterocycles. The molecule has 1 unspecified atom stereocenters. The van der Waals surface area contributed by atoms with E-state index in [0.29, 0.717) is 12.1 Å². The van der Waals surface area contributed by atoms with Crippen LogP contribution in [-0.2, 0) is 4.74 Å². The Hall–Kier alpha value is -0.880. The SMILES string of the molecule is CNc1ncc(Br)c(NCCC2CCCCO2)n1. The monoisotopic (exact) mass is 314 g/mol. The van der Waals surface area contributed by atoms with Gasteiger partial charge in [0.05, 0.1) is 10.6 Å². The molecule has 0 spiro atoms. The molecule has 0 aromatic carbocycles. The van der Waals surface area contributed by atoms with Gasteiger partial charge in [-0.25, -0.2) is 4.98 Å². The predicted octanol–water partition coefficient (Wildman–Crippen LogP) is 2.65. The quantitative estimate of drug-likeness (QED) is 0.875. The van der Waals surface area contributed by atoms with Crippen LogP contribution in [0.2, 0.25) is 0 Å². The molecule has 5 nitrogen and oxygen atoms in total. The summed E-state index contributed by atoms with van der Waals surface area (Å²) in [6, 6.07) is 0. The van der Waals surface area contributed by atoms with Crippen molar-refractivity contribution in [2.24, 2.45) is 0 Å². The molecule has 18 heavy (non-hydrogen) atoms. The van der Waals surface area contributed by atoms with Gasteiger partial charge in [0.2, 0.25) is 5.95 Å². The van der Waals surface area contributed by atoms with Crippen LogP contribution in [-0.4, -0.2) is 36.3 Å². The van der Waals surface area contributed by atoms with Crippen LogP contribution in [0, 0.1) is 0 Å². The van der Waals surface area contributed by atoms with E-state index in [2.05, 4.69) is 36.5 Å². The van der Waals surface area contributed by atoms with E-state index >= 15 is 0 Å². The Morgan fingerprint density at radius 3 is 3.11 bits per heavy atom. The van der Waals surface area contributed by atoms with Crippen LogP contribution < -0.4 is 10.6 Å². The fourth-order valence-electron chi connectivity index (χ4n) is 2.00. The summed E-state index contributed by atoms with van der Waals surface area (Å²) in [6.45, 7) is 1.77. The average Bonchev–Trinajstić information content (AvgIpc) is 2.42. The van der Waals surface area contributed by atoms with Gasteiger partial charge in [-0.2, -0.15) is 4.98 Å². The average molecular weight is 315 g/mol. The normalized spacial score (nSPS) is 19.6. The Morgan fingerprint density at radius 1 is 1.50 bits per heavy atom. The number of rotatable bonds is 5. The fraction of sp³-hybridized carbons (Fsp3) is 0.667. The molecule has 0 amide bonds. The van der Waals surface area contributed by atoms with Crippen LogP contribution in [0.4, 0.5) is 11.8 Å². The van der Waals surface area contributed by atoms with Crippen molar-refractivity contribution in [1.82, 2.24) is 9.97 Å². The largest absolute Gasteiger partial charge is 0.378 e. The smallest absolute Gasteiger partial charge is 0.224 e. The van der Waals surface area contributed by atoms with Crippen molar-refractivity contribution in [3.05, 3.63) is 10.7 Å². The molecule has 2 N–H and O–H groups in total. The van der Waals surface area contributed by atoms with E-state index in [1.807, 2.05) is 7.05 Å². The lowest BCUT2D eigenvalue weighted by molar-refractivity contribution is 0.0134. The Bertz CT molecular complexity index is 382. The minimum atomic E-state index is 0.399. The van der Waals surface area contributed by atoms with E-state index in [4.69, 9.17) is 4.74 Å². The van der Waals surface area contributed by atoms with Crippen molar-refractivity contribution in [3.8, 4) is 0 Å². The third-order valence-corrected chi connectivity index (χ3v) is 3.58. The highest BCUT2D eigenvalue weighted by Gasteiger charge is 2.13. The minimum Gasteiger partial charge on any atom is -0.378 e. The van der Waals surface area contributed by atoms with E-state index < -0.39 is 0 Å². The van der Waals surface area contributed by atoms with Gasteiger partial charge < -0.3 is 15.4 Å². The Labute approximate surface area is 116 Å². The third kappa shape index (κ3) is 3.81. The number of hydrogen-bond acceptors (Lipinski definition) is 5. The summed E-state index contributed by atoms with van der Waals surface area (Å²) in [4.78, 5) is 8.47. The molecule has 0 radical (unpaired) electrons. The lowest BCUT2D eigenvalue weighted by Gasteiger charge is -2.22. The highest BCUT2D eigenvalue weighted by Crippen LogP contribution is 2.21. The van der Waals surface area contributed by atoms with Crippen LogP contribution in [0.25, 0.3) is 0 Å². The first-order chi connectivity index (χ1) is 8.79.